The van der Waals surface area contributed by atoms with Crippen molar-refractivity contribution in [1.29, 1.82) is 0 Å². The number of hydrogen-bond donors (Lipinski definition) is 1. The molecule has 0 aliphatic carbocycles. The molecule has 23 heavy (non-hydrogen) atoms. The summed E-state index contributed by atoms with van der Waals surface area (Å²) in [4.78, 5) is 13.7. The van der Waals surface area contributed by atoms with Crippen LogP contribution in [0.15, 0.2) is 30.3 Å². The van der Waals surface area contributed by atoms with Crippen LogP contribution in [0, 0.1) is 5.92 Å². The van der Waals surface area contributed by atoms with Gasteiger partial charge in [-0.05, 0) is 12.0 Å². The highest BCUT2D eigenvalue weighted by Crippen LogP contribution is 2.20. The molecule has 1 aromatic rings. The van der Waals surface area contributed by atoms with E-state index in [1.54, 1.807) is 0 Å². The summed E-state index contributed by atoms with van der Waals surface area (Å²) >= 11 is 5.67. The van der Waals surface area contributed by atoms with Crippen LogP contribution in [0.2, 0.25) is 19.6 Å². The molecule has 1 aromatic carbocycles. The van der Waals surface area contributed by atoms with Gasteiger partial charge in [-0.3, -0.25) is 9.69 Å². The number of carbonyl (C=O) groups excluding carboxylic acids is 1. The van der Waals surface area contributed by atoms with Crippen LogP contribution in [0.1, 0.15) is 12.0 Å². The molecule has 0 aromatic heterocycles. The Balaban J connectivity index is 0.000000463. The number of hydrogen-bond acceptors (Lipinski definition) is 4. The number of β-amino-alcohol motifs (C(OH)–C–C–N with tert-alkyl or cyclic N) is 1. The van der Waals surface area contributed by atoms with Crippen LogP contribution in [-0.4, -0.2) is 49.7 Å². The highest BCUT2D eigenvalue weighted by molar-refractivity contribution is 7.18. The monoisotopic (exact) mass is 357 g/mol. The van der Waals surface area contributed by atoms with E-state index in [1.807, 2.05) is 30.3 Å². The smallest absolute Gasteiger partial charge is 0.310 e. The Morgan fingerprint density at radius 3 is 2.39 bits per heavy atom. The summed E-state index contributed by atoms with van der Waals surface area (Å²) in [6.45, 7) is 8.30. The van der Waals surface area contributed by atoms with Crippen molar-refractivity contribution in [2.45, 2.75) is 38.7 Å². The summed E-state index contributed by atoms with van der Waals surface area (Å²) < 4.78 is 4.76. The number of aliphatic hydroxyl groups is 1. The van der Waals surface area contributed by atoms with Crippen LogP contribution in [0.5, 0.6) is 0 Å². The van der Waals surface area contributed by atoms with Gasteiger partial charge in [-0.2, -0.15) is 11.1 Å². The molecule has 6 heteroatoms. The van der Waals surface area contributed by atoms with Gasteiger partial charge in [0, 0.05) is 19.6 Å². The predicted octanol–water partition coefficient (Wildman–Crippen LogP) is 3.10. The van der Waals surface area contributed by atoms with Gasteiger partial charge in [0.25, 0.3) is 0 Å². The number of rotatable bonds is 3. The lowest BCUT2D eigenvalue weighted by Crippen LogP contribution is -2.45. The Kier molecular flexibility index (Phi) is 8.26. The minimum Gasteiger partial charge on any atom is -0.469 e. The first-order valence-electron chi connectivity index (χ1n) is 7.90. The average molecular weight is 358 g/mol. The lowest BCUT2D eigenvalue weighted by atomic mass is 9.95. The fourth-order valence-electron chi connectivity index (χ4n) is 2.47. The molecule has 1 N–H and O–H groups in total. The van der Waals surface area contributed by atoms with Gasteiger partial charge in [0.15, 0.2) is 0 Å². The zero-order chi connectivity index (χ0) is 17.5. The second kappa shape index (κ2) is 9.42. The fourth-order valence-corrected chi connectivity index (χ4v) is 2.47. The largest absolute Gasteiger partial charge is 0.469 e. The summed E-state index contributed by atoms with van der Waals surface area (Å²) in [5.74, 6) is -0.450. The molecule has 1 aliphatic rings. The van der Waals surface area contributed by atoms with E-state index < -0.39 is 13.5 Å². The Hall–Kier alpha value is -0.883. The normalized spacial score (nSPS) is 22.0. The van der Waals surface area contributed by atoms with Crippen molar-refractivity contribution in [2.75, 3.05) is 20.2 Å². The molecule has 1 fully saturated rings. The number of carbonyl (C=O) groups is 1. The second-order valence-electron chi connectivity index (χ2n) is 6.86. The van der Waals surface area contributed by atoms with Gasteiger partial charge in [-0.25, -0.2) is 0 Å². The first-order chi connectivity index (χ1) is 10.7. The molecule has 2 unspecified atom stereocenters. The molecule has 1 heterocycles. The summed E-state index contributed by atoms with van der Waals surface area (Å²) in [7, 11) is 0.255. The number of esters is 1. The van der Waals surface area contributed by atoms with Crippen LogP contribution >= 0.6 is 11.1 Å². The van der Waals surface area contributed by atoms with Crippen LogP contribution in [0.25, 0.3) is 0 Å². The van der Waals surface area contributed by atoms with Gasteiger partial charge in [0.05, 0.1) is 19.1 Å². The standard InChI is InChI=1S/C14H19NO3.C3H9ClSi/c1-18-14(17)12-7-13(16)10-15(9-12)8-11-5-3-2-4-6-11;1-5(2,3)4/h2-6,12-13,16H,7-10H2,1H3;1-3H3. The number of nitrogens with zero attached hydrogens (tertiary/aromatic N) is 1. The third-order valence-electron chi connectivity index (χ3n) is 3.29. The van der Waals surface area contributed by atoms with E-state index in [-0.39, 0.29) is 11.9 Å². The van der Waals surface area contributed by atoms with Crippen LogP contribution < -0.4 is 0 Å². The fraction of sp³-hybridized carbons (Fsp3) is 0.588. The van der Waals surface area contributed by atoms with Gasteiger partial charge < -0.3 is 9.84 Å². The van der Waals surface area contributed by atoms with Crippen molar-refractivity contribution >= 4 is 24.4 Å². The Labute approximate surface area is 145 Å². The molecule has 130 valence electrons. The van der Waals surface area contributed by atoms with E-state index in [2.05, 4.69) is 24.5 Å². The molecular weight excluding hydrogens is 330 g/mol. The van der Waals surface area contributed by atoms with Gasteiger partial charge in [0.1, 0.15) is 7.38 Å². The quantitative estimate of drug-likeness (QED) is 0.513. The Morgan fingerprint density at radius 1 is 1.30 bits per heavy atom. The number of ether oxygens (including phenoxy) is 1. The lowest BCUT2D eigenvalue weighted by Gasteiger charge is -2.34. The summed E-state index contributed by atoms with van der Waals surface area (Å²) in [6.07, 6.45) is 0.0457. The third-order valence-corrected chi connectivity index (χ3v) is 3.29. The number of methoxy groups -OCH3 is 1. The molecule has 0 spiro atoms. The number of benzene rings is 1. The van der Waals surface area contributed by atoms with Crippen molar-refractivity contribution in [2.24, 2.45) is 5.92 Å². The topological polar surface area (TPSA) is 49.8 Å². The number of piperidine rings is 1. The number of halogens is 1. The maximum absolute atomic E-state index is 11.6. The van der Waals surface area contributed by atoms with E-state index in [4.69, 9.17) is 15.8 Å². The Morgan fingerprint density at radius 2 is 1.87 bits per heavy atom. The molecular formula is C17H28ClNO3Si. The molecule has 1 aliphatic heterocycles. The molecule has 0 bridgehead atoms. The highest BCUT2D eigenvalue weighted by Gasteiger charge is 2.31. The highest BCUT2D eigenvalue weighted by atomic mass is 35.6. The van der Waals surface area contributed by atoms with E-state index in [0.717, 1.165) is 6.54 Å². The molecule has 0 saturated carbocycles. The minimum atomic E-state index is -1.14. The minimum absolute atomic E-state index is 0.220. The van der Waals surface area contributed by atoms with Crippen molar-refractivity contribution in [3.8, 4) is 0 Å². The first-order valence-corrected chi connectivity index (χ1v) is 12.4. The van der Waals surface area contributed by atoms with Crippen LogP contribution in [-0.2, 0) is 16.1 Å². The summed E-state index contributed by atoms with van der Waals surface area (Å²) in [5, 5.41) is 9.82. The van der Waals surface area contributed by atoms with Gasteiger partial charge in [-0.15, -0.1) is 0 Å². The molecule has 0 radical (unpaired) electrons. The lowest BCUT2D eigenvalue weighted by molar-refractivity contribution is -0.149. The number of aliphatic hydroxyl groups excluding tert-OH is 1. The third kappa shape index (κ3) is 9.10. The van der Waals surface area contributed by atoms with Gasteiger partial charge in [0.2, 0.25) is 0 Å². The van der Waals surface area contributed by atoms with E-state index in [0.29, 0.717) is 19.5 Å². The zero-order valence-electron chi connectivity index (χ0n) is 14.5. The van der Waals surface area contributed by atoms with Crippen LogP contribution in [0.4, 0.5) is 0 Å². The maximum atomic E-state index is 11.6. The van der Waals surface area contributed by atoms with E-state index in [9.17, 15) is 9.90 Å². The van der Waals surface area contributed by atoms with Crippen molar-refractivity contribution in [3.05, 3.63) is 35.9 Å². The number of likely N-dealkylation sites (tertiary alicyclic amines) is 1. The first kappa shape index (κ1) is 20.2. The Bertz CT molecular complexity index is 472. The summed E-state index contributed by atoms with van der Waals surface area (Å²) in [5.41, 5.74) is 1.19. The van der Waals surface area contributed by atoms with Crippen molar-refractivity contribution < 1.29 is 14.6 Å². The van der Waals surface area contributed by atoms with E-state index in [1.165, 1.54) is 12.7 Å². The van der Waals surface area contributed by atoms with Crippen molar-refractivity contribution in [1.82, 2.24) is 4.90 Å². The maximum Gasteiger partial charge on any atom is 0.310 e. The molecule has 2 atom stereocenters. The van der Waals surface area contributed by atoms with E-state index >= 15 is 0 Å². The molecule has 4 nitrogen and oxygen atoms in total. The SMILES string of the molecule is COC(=O)C1CC(O)CN(Cc2ccccc2)C1.C[Si](C)(C)Cl. The van der Waals surface area contributed by atoms with Gasteiger partial charge in [-0.1, -0.05) is 50.0 Å². The second-order valence-corrected chi connectivity index (χ2v) is 14.4. The van der Waals surface area contributed by atoms with Gasteiger partial charge >= 0.3 is 5.97 Å². The van der Waals surface area contributed by atoms with Crippen molar-refractivity contribution in [3.63, 3.8) is 0 Å². The molecule has 0 amide bonds. The average Bonchev–Trinajstić information content (AvgIpc) is 2.45. The van der Waals surface area contributed by atoms with Crippen LogP contribution in [0.3, 0.4) is 0 Å². The molecule has 1 saturated heterocycles. The predicted molar refractivity (Wildman–Crippen MR) is 97.0 cm³/mol. The zero-order valence-corrected chi connectivity index (χ0v) is 16.2. The molecule has 2 rings (SSSR count). The summed E-state index contributed by atoms with van der Waals surface area (Å²) in [6, 6.07) is 10.1.